The molecular formula is C31H28N6O2. The van der Waals surface area contributed by atoms with E-state index in [1.807, 2.05) is 94.5 Å². The number of anilines is 2. The number of imidazole rings is 1. The lowest BCUT2D eigenvalue weighted by molar-refractivity contribution is 0.0712. The summed E-state index contributed by atoms with van der Waals surface area (Å²) < 4.78 is 1.97. The minimum Gasteiger partial charge on any atom is -0.366 e. The molecule has 4 heterocycles. The number of likely N-dealkylation sites (tertiary alicyclic amines) is 1. The first-order valence-corrected chi connectivity index (χ1v) is 13.0. The Labute approximate surface area is 226 Å². The molecule has 2 aromatic carbocycles. The molecule has 1 saturated heterocycles. The molecular weight excluding hydrogens is 488 g/mol. The van der Waals surface area contributed by atoms with E-state index in [-0.39, 0.29) is 11.8 Å². The van der Waals surface area contributed by atoms with Crippen LogP contribution in [0.4, 0.5) is 11.5 Å². The second kappa shape index (κ2) is 10.4. The number of benzene rings is 2. The Kier molecular flexibility index (Phi) is 6.50. The number of hydrogen-bond acceptors (Lipinski definition) is 5. The summed E-state index contributed by atoms with van der Waals surface area (Å²) in [6, 6.07) is 24.9. The summed E-state index contributed by atoms with van der Waals surface area (Å²) in [6.07, 6.45) is 6.93. The summed E-state index contributed by atoms with van der Waals surface area (Å²) in [6.45, 7) is 1.14. The van der Waals surface area contributed by atoms with Gasteiger partial charge in [-0.15, -0.1) is 0 Å². The quantitative estimate of drug-likeness (QED) is 0.320. The number of nitrogens with zero attached hydrogens (tertiary/aromatic N) is 4. The van der Waals surface area contributed by atoms with Crippen molar-refractivity contribution >= 4 is 29.0 Å². The van der Waals surface area contributed by atoms with E-state index in [0.29, 0.717) is 42.9 Å². The molecule has 8 nitrogen and oxygen atoms in total. The zero-order valence-electron chi connectivity index (χ0n) is 21.3. The summed E-state index contributed by atoms with van der Waals surface area (Å²) in [5, 5.41) is 3.35. The Balaban J connectivity index is 1.20. The number of rotatable bonds is 6. The van der Waals surface area contributed by atoms with Crippen LogP contribution < -0.4 is 11.1 Å². The van der Waals surface area contributed by atoms with Crippen molar-refractivity contribution in [1.29, 1.82) is 0 Å². The summed E-state index contributed by atoms with van der Waals surface area (Å²) in [5.74, 6) is 0.178. The number of nitrogens with two attached hydrogens (primary N) is 1. The number of hydrogen-bond donors (Lipinski definition) is 2. The van der Waals surface area contributed by atoms with E-state index in [0.717, 1.165) is 28.2 Å². The second-order valence-corrected chi connectivity index (χ2v) is 9.72. The normalized spacial score (nSPS) is 13.9. The van der Waals surface area contributed by atoms with Gasteiger partial charge in [-0.05, 0) is 61.2 Å². The summed E-state index contributed by atoms with van der Waals surface area (Å²) in [5.41, 5.74) is 11.1. The van der Waals surface area contributed by atoms with Crippen LogP contribution in [-0.4, -0.2) is 44.2 Å². The molecule has 0 aliphatic carbocycles. The number of primary amides is 1. The smallest absolute Gasteiger partial charge is 0.253 e. The average Bonchev–Trinajstić information content (AvgIpc) is 3.42. The zero-order chi connectivity index (χ0) is 26.8. The van der Waals surface area contributed by atoms with Crippen LogP contribution in [-0.2, 0) is 0 Å². The van der Waals surface area contributed by atoms with Crippen molar-refractivity contribution in [2.45, 2.75) is 18.8 Å². The molecule has 6 rings (SSSR count). The Morgan fingerprint density at radius 1 is 0.923 bits per heavy atom. The lowest BCUT2D eigenvalue weighted by Crippen LogP contribution is -2.38. The predicted octanol–water partition coefficient (Wildman–Crippen LogP) is 5.26. The highest BCUT2D eigenvalue weighted by molar-refractivity contribution is 5.96. The molecule has 0 radical (unpaired) electrons. The van der Waals surface area contributed by atoms with Gasteiger partial charge in [-0.3, -0.25) is 9.59 Å². The number of amides is 2. The molecule has 3 aromatic heterocycles. The van der Waals surface area contributed by atoms with E-state index in [9.17, 15) is 9.59 Å². The van der Waals surface area contributed by atoms with Gasteiger partial charge in [0.1, 0.15) is 11.5 Å². The fourth-order valence-corrected chi connectivity index (χ4v) is 5.30. The van der Waals surface area contributed by atoms with E-state index in [2.05, 4.69) is 15.3 Å². The van der Waals surface area contributed by atoms with Gasteiger partial charge < -0.3 is 20.4 Å². The molecule has 0 unspecified atom stereocenters. The predicted molar refractivity (Wildman–Crippen MR) is 151 cm³/mol. The minimum atomic E-state index is -0.481. The molecule has 0 bridgehead atoms. The van der Waals surface area contributed by atoms with Crippen molar-refractivity contribution in [3.63, 3.8) is 0 Å². The number of fused-ring (bicyclic) bond motifs is 1. The largest absolute Gasteiger partial charge is 0.366 e. The van der Waals surface area contributed by atoms with Gasteiger partial charge in [-0.2, -0.15) is 0 Å². The van der Waals surface area contributed by atoms with Crippen LogP contribution in [0.15, 0.2) is 97.5 Å². The summed E-state index contributed by atoms with van der Waals surface area (Å²) in [7, 11) is 0. The van der Waals surface area contributed by atoms with E-state index in [4.69, 9.17) is 5.73 Å². The van der Waals surface area contributed by atoms with Gasteiger partial charge in [0.25, 0.3) is 5.91 Å². The molecule has 39 heavy (non-hydrogen) atoms. The van der Waals surface area contributed by atoms with Gasteiger partial charge in [-0.25, -0.2) is 9.97 Å². The highest BCUT2D eigenvalue weighted by Gasteiger charge is 2.29. The van der Waals surface area contributed by atoms with Crippen molar-refractivity contribution in [2.24, 2.45) is 5.73 Å². The van der Waals surface area contributed by atoms with Crippen LogP contribution in [0.5, 0.6) is 0 Å². The highest BCUT2D eigenvalue weighted by atomic mass is 16.2. The third-order valence-corrected chi connectivity index (χ3v) is 7.25. The monoisotopic (exact) mass is 516 g/mol. The molecule has 2 amide bonds. The van der Waals surface area contributed by atoms with Crippen LogP contribution in [0.2, 0.25) is 0 Å². The number of pyridine rings is 2. The van der Waals surface area contributed by atoms with Gasteiger partial charge in [0, 0.05) is 59.6 Å². The van der Waals surface area contributed by atoms with Gasteiger partial charge >= 0.3 is 0 Å². The van der Waals surface area contributed by atoms with Crippen molar-refractivity contribution < 1.29 is 9.59 Å². The fraction of sp³-hybridized carbons (Fsp3) is 0.161. The molecule has 8 heteroatoms. The number of aromatic nitrogens is 3. The number of nitrogens with one attached hydrogen (secondary N) is 1. The van der Waals surface area contributed by atoms with Crippen molar-refractivity contribution in [3.8, 4) is 11.3 Å². The molecule has 0 atom stereocenters. The fourth-order valence-electron chi connectivity index (χ4n) is 5.30. The van der Waals surface area contributed by atoms with Crippen LogP contribution in [0.1, 0.15) is 45.0 Å². The van der Waals surface area contributed by atoms with Crippen molar-refractivity contribution in [1.82, 2.24) is 19.3 Å². The van der Waals surface area contributed by atoms with Gasteiger partial charge in [-0.1, -0.05) is 36.4 Å². The Hall–Kier alpha value is -4.98. The zero-order valence-corrected chi connectivity index (χ0v) is 21.3. The SMILES string of the molecule is NC(=O)c1ccnc(Nc2ccccc2)c1C1CCN(C(=O)c2cccc(-c3cn4ccccc4n3)c2)CC1. The first-order chi connectivity index (χ1) is 19.1. The lowest BCUT2D eigenvalue weighted by atomic mass is 9.86. The molecule has 3 N–H and O–H groups in total. The van der Waals surface area contributed by atoms with E-state index in [1.165, 1.54) is 0 Å². The van der Waals surface area contributed by atoms with Crippen molar-refractivity contribution in [2.75, 3.05) is 18.4 Å². The van der Waals surface area contributed by atoms with E-state index in [1.54, 1.807) is 12.3 Å². The van der Waals surface area contributed by atoms with Gasteiger partial charge in [0.05, 0.1) is 5.69 Å². The van der Waals surface area contributed by atoms with Gasteiger partial charge in [0.15, 0.2) is 0 Å². The molecule has 0 spiro atoms. The summed E-state index contributed by atoms with van der Waals surface area (Å²) in [4.78, 5) is 36.9. The van der Waals surface area contributed by atoms with Crippen LogP contribution >= 0.6 is 0 Å². The number of para-hydroxylation sites is 1. The molecule has 194 valence electrons. The number of piperidine rings is 1. The Morgan fingerprint density at radius 3 is 2.49 bits per heavy atom. The van der Waals surface area contributed by atoms with E-state index >= 15 is 0 Å². The Morgan fingerprint density at radius 2 is 1.72 bits per heavy atom. The van der Waals surface area contributed by atoms with E-state index < -0.39 is 5.91 Å². The standard InChI is InChI=1S/C31H28N6O2/c32-29(38)25-12-15-33-30(34-24-9-2-1-3-10-24)28(25)21-13-17-36(18-14-21)31(39)23-8-6-7-22(19-23)26-20-37-16-5-4-11-27(37)35-26/h1-12,15-16,19-21H,13-14,17-18H2,(H2,32,38)(H,33,34). The maximum atomic E-state index is 13.5. The first-order valence-electron chi connectivity index (χ1n) is 13.0. The third-order valence-electron chi connectivity index (χ3n) is 7.25. The highest BCUT2D eigenvalue weighted by Crippen LogP contribution is 2.36. The van der Waals surface area contributed by atoms with Gasteiger partial charge in [0.2, 0.25) is 5.91 Å². The topological polar surface area (TPSA) is 106 Å². The van der Waals surface area contributed by atoms with Crippen LogP contribution in [0.3, 0.4) is 0 Å². The average molecular weight is 517 g/mol. The third kappa shape index (κ3) is 4.96. The molecule has 1 aliphatic heterocycles. The maximum Gasteiger partial charge on any atom is 0.253 e. The lowest BCUT2D eigenvalue weighted by Gasteiger charge is -2.33. The second-order valence-electron chi connectivity index (χ2n) is 9.72. The maximum absolute atomic E-state index is 13.5. The molecule has 1 fully saturated rings. The van der Waals surface area contributed by atoms with Crippen LogP contribution in [0.25, 0.3) is 16.9 Å². The first kappa shape index (κ1) is 24.4. The number of carbonyl (C=O) groups is 2. The number of carbonyl (C=O) groups excluding carboxylic acids is 2. The molecule has 5 aromatic rings. The van der Waals surface area contributed by atoms with Crippen LogP contribution in [0, 0.1) is 0 Å². The molecule has 1 aliphatic rings. The van der Waals surface area contributed by atoms with Crippen molar-refractivity contribution in [3.05, 3.63) is 114 Å². The minimum absolute atomic E-state index is 0.0111. The summed E-state index contributed by atoms with van der Waals surface area (Å²) >= 11 is 0. The molecule has 0 saturated carbocycles. The Bertz CT molecular complexity index is 1620.